The van der Waals surface area contributed by atoms with Gasteiger partial charge in [0, 0.05) is 15.4 Å². The lowest BCUT2D eigenvalue weighted by molar-refractivity contribution is 0.415. The van der Waals surface area contributed by atoms with Gasteiger partial charge in [-0.15, -0.1) is 28.3 Å². The molecule has 0 atom stereocenters. The number of hydrogen-bond donors (Lipinski definition) is 1. The summed E-state index contributed by atoms with van der Waals surface area (Å²) in [6, 6.07) is 15.8. The van der Waals surface area contributed by atoms with Gasteiger partial charge in [0.05, 0.1) is 19.0 Å². The van der Waals surface area contributed by atoms with Gasteiger partial charge in [-0.25, -0.2) is 4.98 Å². The maximum absolute atomic E-state index is 5.12. The number of ether oxygens (including phenoxy) is 1. The van der Waals surface area contributed by atoms with Crippen molar-refractivity contribution in [3.8, 4) is 17.0 Å². The second-order valence-corrected chi connectivity index (χ2v) is 6.46. The molecule has 0 radical (unpaired) electrons. The van der Waals surface area contributed by atoms with Crippen LogP contribution >= 0.6 is 44.2 Å². The smallest absolute Gasteiger partial charge is 0.203 e. The third kappa shape index (κ3) is 4.90. The molecule has 1 heterocycles. The molecule has 0 aliphatic rings. The molecule has 24 heavy (non-hydrogen) atoms. The Morgan fingerprint density at radius 3 is 2.50 bits per heavy atom. The van der Waals surface area contributed by atoms with Crippen LogP contribution in [0.1, 0.15) is 5.56 Å². The van der Waals surface area contributed by atoms with Crippen molar-refractivity contribution in [1.82, 2.24) is 4.98 Å². The van der Waals surface area contributed by atoms with Crippen molar-refractivity contribution in [2.45, 2.75) is 0 Å². The largest absolute Gasteiger partial charge is 0.497 e. The fourth-order valence-electron chi connectivity index (χ4n) is 1.93. The summed E-state index contributed by atoms with van der Waals surface area (Å²) in [5.41, 5.74) is 5.96. The zero-order chi connectivity index (χ0) is 16.1. The number of anilines is 1. The SMILES string of the molecule is Br.COc1ccc(C=NNc2nc(-c3ccc(Br)cc3)cs2)cc1. The van der Waals surface area contributed by atoms with Crippen LogP contribution < -0.4 is 10.2 Å². The van der Waals surface area contributed by atoms with E-state index in [-0.39, 0.29) is 17.0 Å². The average molecular weight is 469 g/mol. The summed E-state index contributed by atoms with van der Waals surface area (Å²) >= 11 is 4.95. The number of aromatic nitrogens is 1. The Morgan fingerprint density at radius 2 is 1.83 bits per heavy atom. The quantitative estimate of drug-likeness (QED) is 0.391. The number of hydrogen-bond acceptors (Lipinski definition) is 5. The minimum absolute atomic E-state index is 0. The Kier molecular flexibility index (Phi) is 6.96. The van der Waals surface area contributed by atoms with Gasteiger partial charge in [0.2, 0.25) is 5.13 Å². The highest BCUT2D eigenvalue weighted by Gasteiger charge is 2.03. The molecule has 4 nitrogen and oxygen atoms in total. The van der Waals surface area contributed by atoms with E-state index >= 15 is 0 Å². The molecule has 124 valence electrons. The van der Waals surface area contributed by atoms with Crippen LogP contribution in [-0.2, 0) is 0 Å². The fraction of sp³-hybridized carbons (Fsp3) is 0.0588. The molecular formula is C17H15Br2N3OS. The van der Waals surface area contributed by atoms with Gasteiger partial charge in [-0.2, -0.15) is 5.10 Å². The Morgan fingerprint density at radius 1 is 1.12 bits per heavy atom. The van der Waals surface area contributed by atoms with E-state index in [9.17, 15) is 0 Å². The van der Waals surface area contributed by atoms with E-state index in [0.717, 1.165) is 32.2 Å². The number of nitrogens with zero attached hydrogens (tertiary/aromatic N) is 2. The summed E-state index contributed by atoms with van der Waals surface area (Å²) in [6.07, 6.45) is 1.75. The monoisotopic (exact) mass is 467 g/mol. The van der Waals surface area contributed by atoms with Crippen molar-refractivity contribution in [3.05, 3.63) is 63.9 Å². The molecule has 0 saturated heterocycles. The van der Waals surface area contributed by atoms with Crippen LogP contribution in [0, 0.1) is 0 Å². The average Bonchev–Trinajstić information content (AvgIpc) is 3.05. The zero-order valence-corrected chi connectivity index (χ0v) is 16.9. The fourth-order valence-corrected chi connectivity index (χ4v) is 2.86. The first-order valence-corrected chi connectivity index (χ1v) is 8.56. The molecule has 7 heteroatoms. The lowest BCUT2D eigenvalue weighted by atomic mass is 10.2. The van der Waals surface area contributed by atoms with E-state index in [4.69, 9.17) is 4.74 Å². The second-order valence-electron chi connectivity index (χ2n) is 4.69. The number of benzene rings is 2. The second kappa shape index (κ2) is 8.96. The molecule has 0 unspecified atom stereocenters. The van der Waals surface area contributed by atoms with E-state index in [2.05, 4.69) is 31.4 Å². The molecule has 2 aromatic carbocycles. The lowest BCUT2D eigenvalue weighted by Gasteiger charge is -1.99. The minimum Gasteiger partial charge on any atom is -0.497 e. The van der Waals surface area contributed by atoms with Gasteiger partial charge in [-0.3, -0.25) is 5.43 Å². The maximum atomic E-state index is 5.12. The minimum atomic E-state index is 0. The van der Waals surface area contributed by atoms with Crippen LogP contribution in [0.25, 0.3) is 11.3 Å². The first kappa shape index (κ1) is 18.6. The zero-order valence-electron chi connectivity index (χ0n) is 12.8. The van der Waals surface area contributed by atoms with Crippen LogP contribution in [0.3, 0.4) is 0 Å². The number of hydrazone groups is 1. The first-order chi connectivity index (χ1) is 11.2. The van der Waals surface area contributed by atoms with Gasteiger partial charge in [0.25, 0.3) is 0 Å². The number of nitrogens with one attached hydrogen (secondary N) is 1. The maximum Gasteiger partial charge on any atom is 0.203 e. The van der Waals surface area contributed by atoms with Gasteiger partial charge in [-0.1, -0.05) is 28.1 Å². The number of rotatable bonds is 5. The van der Waals surface area contributed by atoms with Gasteiger partial charge in [0.1, 0.15) is 5.75 Å². The molecule has 0 amide bonds. The predicted molar refractivity (Wildman–Crippen MR) is 110 cm³/mol. The van der Waals surface area contributed by atoms with E-state index in [0.29, 0.717) is 0 Å². The molecule has 0 fully saturated rings. The molecule has 0 aliphatic carbocycles. The van der Waals surface area contributed by atoms with E-state index in [1.165, 1.54) is 11.3 Å². The van der Waals surface area contributed by atoms with Crippen LogP contribution in [0.2, 0.25) is 0 Å². The van der Waals surface area contributed by atoms with Crippen molar-refractivity contribution >= 4 is 55.6 Å². The van der Waals surface area contributed by atoms with Crippen LogP contribution in [-0.4, -0.2) is 18.3 Å². The first-order valence-electron chi connectivity index (χ1n) is 6.89. The van der Waals surface area contributed by atoms with Crippen molar-refractivity contribution in [2.75, 3.05) is 12.5 Å². The summed E-state index contributed by atoms with van der Waals surface area (Å²) in [7, 11) is 1.65. The molecule has 3 rings (SSSR count). The summed E-state index contributed by atoms with van der Waals surface area (Å²) in [5, 5.41) is 6.98. The summed E-state index contributed by atoms with van der Waals surface area (Å²) in [6.45, 7) is 0. The molecule has 1 N–H and O–H groups in total. The third-order valence-electron chi connectivity index (χ3n) is 3.13. The van der Waals surface area contributed by atoms with Crippen molar-refractivity contribution in [2.24, 2.45) is 5.10 Å². The van der Waals surface area contributed by atoms with E-state index < -0.39 is 0 Å². The molecule has 0 aliphatic heterocycles. The van der Waals surface area contributed by atoms with Crippen LogP contribution in [0.5, 0.6) is 5.75 Å². The van der Waals surface area contributed by atoms with Crippen LogP contribution in [0.15, 0.2) is 63.5 Å². The van der Waals surface area contributed by atoms with Crippen LogP contribution in [0.4, 0.5) is 5.13 Å². The lowest BCUT2D eigenvalue weighted by Crippen LogP contribution is -1.90. The molecule has 0 bridgehead atoms. The van der Waals surface area contributed by atoms with Crippen molar-refractivity contribution < 1.29 is 4.74 Å². The van der Waals surface area contributed by atoms with E-state index in [1.54, 1.807) is 13.3 Å². The molecule has 0 saturated carbocycles. The highest BCUT2D eigenvalue weighted by atomic mass is 79.9. The molecule has 3 aromatic rings. The highest BCUT2D eigenvalue weighted by Crippen LogP contribution is 2.26. The standard InChI is InChI=1S/C17H14BrN3OS.BrH/c1-22-15-8-2-12(3-9-15)10-19-21-17-20-16(11-23-17)13-4-6-14(18)7-5-13;/h2-11H,1H3,(H,20,21);1H. The number of halogens is 2. The number of methoxy groups -OCH3 is 1. The van der Waals surface area contributed by atoms with E-state index in [1.807, 2.05) is 53.9 Å². The topological polar surface area (TPSA) is 46.5 Å². The Labute approximate surface area is 163 Å². The molecule has 0 spiro atoms. The Hall–Kier alpha value is -1.70. The van der Waals surface area contributed by atoms with Gasteiger partial charge < -0.3 is 4.74 Å². The molecule has 1 aromatic heterocycles. The third-order valence-corrected chi connectivity index (χ3v) is 4.41. The predicted octanol–water partition coefficient (Wildman–Crippen LogP) is 5.61. The Balaban J connectivity index is 0.00000208. The van der Waals surface area contributed by atoms with Gasteiger partial charge >= 0.3 is 0 Å². The van der Waals surface area contributed by atoms with Gasteiger partial charge in [-0.05, 0) is 42.0 Å². The normalized spacial score (nSPS) is 10.4. The molecular weight excluding hydrogens is 454 g/mol. The Bertz CT molecular complexity index is 801. The highest BCUT2D eigenvalue weighted by molar-refractivity contribution is 9.10. The summed E-state index contributed by atoms with van der Waals surface area (Å²) < 4.78 is 6.18. The summed E-state index contributed by atoms with van der Waals surface area (Å²) in [5.74, 6) is 0.828. The van der Waals surface area contributed by atoms with Crippen molar-refractivity contribution in [1.29, 1.82) is 0 Å². The van der Waals surface area contributed by atoms with Crippen molar-refractivity contribution in [3.63, 3.8) is 0 Å². The van der Waals surface area contributed by atoms with Gasteiger partial charge in [0.15, 0.2) is 0 Å². The summed E-state index contributed by atoms with van der Waals surface area (Å²) in [4.78, 5) is 4.53. The number of thiazole rings is 1.